The molecule has 0 aliphatic rings. The average Bonchev–Trinajstić information content (AvgIpc) is 2.44. The summed E-state index contributed by atoms with van der Waals surface area (Å²) >= 11 is 0. The van der Waals surface area contributed by atoms with E-state index in [-0.39, 0.29) is 18.4 Å². The first-order valence-electron chi connectivity index (χ1n) is 6.72. The van der Waals surface area contributed by atoms with Crippen LogP contribution in [0.1, 0.15) is 18.1 Å². The maximum Gasteiger partial charge on any atom is 0.262 e. The fourth-order valence-corrected chi connectivity index (χ4v) is 1.66. The maximum absolute atomic E-state index is 11.6. The van der Waals surface area contributed by atoms with Crippen molar-refractivity contribution in [2.24, 2.45) is 0 Å². The highest BCUT2D eigenvalue weighted by Crippen LogP contribution is 2.15. The van der Waals surface area contributed by atoms with E-state index in [1.54, 1.807) is 18.2 Å². The Morgan fingerprint density at radius 3 is 2.57 bits per heavy atom. The van der Waals surface area contributed by atoms with Gasteiger partial charge in [0.2, 0.25) is 0 Å². The van der Waals surface area contributed by atoms with Crippen LogP contribution in [-0.4, -0.2) is 18.4 Å². The predicted octanol–water partition coefficient (Wildman–Crippen LogP) is 2.00. The van der Waals surface area contributed by atoms with Crippen LogP contribution in [-0.2, 0) is 9.59 Å². The summed E-state index contributed by atoms with van der Waals surface area (Å²) < 4.78 is 0. The Morgan fingerprint density at radius 2 is 1.90 bits per heavy atom. The van der Waals surface area contributed by atoms with Gasteiger partial charge in [-0.1, -0.05) is 35.9 Å². The lowest BCUT2D eigenvalue weighted by Crippen LogP contribution is -2.43. The lowest BCUT2D eigenvalue weighted by atomic mass is 10.1. The molecule has 1 rings (SSSR count). The number of hydrazine groups is 1. The summed E-state index contributed by atoms with van der Waals surface area (Å²) in [5, 5.41) is 3.02. The third-order valence-corrected chi connectivity index (χ3v) is 2.70. The largest absolute Gasteiger partial charge is 0.376 e. The topological polar surface area (TPSA) is 70.2 Å². The summed E-state index contributed by atoms with van der Waals surface area (Å²) in [6.45, 7) is 5.92. The summed E-state index contributed by atoms with van der Waals surface area (Å²) in [6, 6.07) is 5.94. The Labute approximate surface area is 125 Å². The number of rotatable bonds is 5. The fraction of sp³-hybridized carbons (Fsp3) is 0.250. The van der Waals surface area contributed by atoms with Gasteiger partial charge in [0.25, 0.3) is 11.8 Å². The van der Waals surface area contributed by atoms with E-state index in [1.807, 2.05) is 39.0 Å². The van der Waals surface area contributed by atoms with Crippen molar-refractivity contribution in [3.8, 4) is 0 Å². The molecule has 0 saturated heterocycles. The Balaban J connectivity index is 2.36. The van der Waals surface area contributed by atoms with Gasteiger partial charge in [-0.2, -0.15) is 0 Å². The van der Waals surface area contributed by atoms with Gasteiger partial charge in [0.1, 0.15) is 0 Å². The smallest absolute Gasteiger partial charge is 0.262 e. The Kier molecular flexibility index (Phi) is 6.74. The summed E-state index contributed by atoms with van der Waals surface area (Å²) in [7, 11) is 0. The lowest BCUT2D eigenvalue weighted by Gasteiger charge is -2.10. The first-order chi connectivity index (χ1) is 10.0. The Hall–Kier alpha value is -2.56. The van der Waals surface area contributed by atoms with E-state index in [0.29, 0.717) is 0 Å². The number of allylic oxidation sites excluding steroid dienone is 3. The summed E-state index contributed by atoms with van der Waals surface area (Å²) in [5.41, 5.74) is 7.77. The van der Waals surface area contributed by atoms with Gasteiger partial charge >= 0.3 is 0 Å². The molecule has 1 aromatic rings. The number of amides is 2. The van der Waals surface area contributed by atoms with Crippen molar-refractivity contribution in [3.05, 3.63) is 53.6 Å². The Morgan fingerprint density at radius 1 is 1.14 bits per heavy atom. The summed E-state index contributed by atoms with van der Waals surface area (Å²) in [5.74, 6) is -0.698. The standard InChI is InChI=1S/C16H21N3O2/c1-4-5-6-7-15(20)18-19-16(21)11-17-14-9-8-12(2)10-13(14)3/h4-10,17H,11H2,1-3H3,(H,18,20)(H,19,21)/b5-4+,7-6+. The molecular formula is C16H21N3O2. The molecule has 0 saturated carbocycles. The van der Waals surface area contributed by atoms with Crippen molar-refractivity contribution in [1.82, 2.24) is 10.9 Å². The lowest BCUT2D eigenvalue weighted by molar-refractivity contribution is -0.125. The van der Waals surface area contributed by atoms with Crippen molar-refractivity contribution in [3.63, 3.8) is 0 Å². The highest BCUT2D eigenvalue weighted by molar-refractivity contribution is 5.90. The van der Waals surface area contributed by atoms with Gasteiger partial charge in [-0.25, -0.2) is 0 Å². The monoisotopic (exact) mass is 287 g/mol. The SMILES string of the molecule is C/C=C/C=C/C(=O)NNC(=O)CNc1ccc(C)cc1C. The van der Waals surface area contributed by atoms with Gasteiger partial charge < -0.3 is 5.32 Å². The van der Waals surface area contributed by atoms with Gasteiger partial charge in [-0.15, -0.1) is 0 Å². The highest BCUT2D eigenvalue weighted by Gasteiger charge is 2.03. The molecule has 1 aromatic carbocycles. The number of benzene rings is 1. The molecule has 0 atom stereocenters. The first kappa shape index (κ1) is 16.5. The molecule has 5 nitrogen and oxygen atoms in total. The number of aryl methyl sites for hydroxylation is 2. The molecule has 0 heterocycles. The van der Waals surface area contributed by atoms with Crippen molar-refractivity contribution in [2.75, 3.05) is 11.9 Å². The van der Waals surface area contributed by atoms with E-state index in [1.165, 1.54) is 11.6 Å². The van der Waals surface area contributed by atoms with Crippen molar-refractivity contribution >= 4 is 17.5 Å². The second-order valence-corrected chi connectivity index (χ2v) is 4.59. The molecular weight excluding hydrogens is 266 g/mol. The van der Waals surface area contributed by atoms with Gasteiger partial charge in [0, 0.05) is 11.8 Å². The minimum atomic E-state index is -0.382. The number of hydrogen-bond acceptors (Lipinski definition) is 3. The maximum atomic E-state index is 11.6. The minimum absolute atomic E-state index is 0.0861. The third kappa shape index (κ3) is 6.42. The molecule has 0 spiro atoms. The van der Waals surface area contributed by atoms with Crippen LogP contribution in [0.2, 0.25) is 0 Å². The summed E-state index contributed by atoms with van der Waals surface area (Å²) in [4.78, 5) is 22.9. The molecule has 0 aliphatic carbocycles. The second-order valence-electron chi connectivity index (χ2n) is 4.59. The molecule has 5 heteroatoms. The molecule has 0 aromatic heterocycles. The van der Waals surface area contributed by atoms with E-state index in [4.69, 9.17) is 0 Å². The number of hydrogen-bond donors (Lipinski definition) is 3. The van der Waals surface area contributed by atoms with Gasteiger partial charge in [-0.05, 0) is 32.4 Å². The number of anilines is 1. The van der Waals surface area contributed by atoms with Crippen LogP contribution in [0.5, 0.6) is 0 Å². The van der Waals surface area contributed by atoms with Crippen LogP contribution in [0.3, 0.4) is 0 Å². The minimum Gasteiger partial charge on any atom is -0.376 e. The van der Waals surface area contributed by atoms with E-state index < -0.39 is 0 Å². The van der Waals surface area contributed by atoms with Crippen molar-refractivity contribution in [1.29, 1.82) is 0 Å². The molecule has 0 aliphatic heterocycles. The fourth-order valence-electron chi connectivity index (χ4n) is 1.66. The van der Waals surface area contributed by atoms with E-state index >= 15 is 0 Å². The second kappa shape index (κ2) is 8.58. The molecule has 3 N–H and O–H groups in total. The van der Waals surface area contributed by atoms with Crippen molar-refractivity contribution < 1.29 is 9.59 Å². The van der Waals surface area contributed by atoms with Crippen LogP contribution in [0.25, 0.3) is 0 Å². The highest BCUT2D eigenvalue weighted by atomic mass is 16.2. The summed E-state index contributed by atoms with van der Waals surface area (Å²) in [6.07, 6.45) is 6.45. The number of carbonyl (C=O) groups is 2. The molecule has 0 unspecified atom stereocenters. The van der Waals surface area contributed by atoms with Gasteiger partial charge in [0.15, 0.2) is 0 Å². The molecule has 2 amide bonds. The van der Waals surface area contributed by atoms with Gasteiger partial charge in [-0.3, -0.25) is 20.4 Å². The molecule has 21 heavy (non-hydrogen) atoms. The van der Waals surface area contributed by atoms with E-state index in [2.05, 4.69) is 16.2 Å². The molecule has 0 bridgehead atoms. The van der Waals surface area contributed by atoms with Crippen LogP contribution in [0, 0.1) is 13.8 Å². The quantitative estimate of drug-likeness (QED) is 0.441. The van der Waals surface area contributed by atoms with E-state index in [0.717, 1.165) is 11.3 Å². The zero-order valence-corrected chi connectivity index (χ0v) is 12.6. The first-order valence-corrected chi connectivity index (χ1v) is 6.72. The van der Waals surface area contributed by atoms with Crippen LogP contribution in [0.15, 0.2) is 42.5 Å². The van der Waals surface area contributed by atoms with Crippen LogP contribution >= 0.6 is 0 Å². The zero-order valence-electron chi connectivity index (χ0n) is 12.6. The third-order valence-electron chi connectivity index (χ3n) is 2.70. The average molecular weight is 287 g/mol. The van der Waals surface area contributed by atoms with Crippen LogP contribution < -0.4 is 16.2 Å². The van der Waals surface area contributed by atoms with E-state index in [9.17, 15) is 9.59 Å². The molecule has 0 fully saturated rings. The zero-order chi connectivity index (χ0) is 15.7. The predicted molar refractivity (Wildman–Crippen MR) is 84.6 cm³/mol. The normalized spacial score (nSPS) is 10.8. The molecule has 0 radical (unpaired) electrons. The van der Waals surface area contributed by atoms with Gasteiger partial charge in [0.05, 0.1) is 6.54 Å². The number of carbonyl (C=O) groups excluding carboxylic acids is 2. The number of nitrogens with one attached hydrogen (secondary N) is 3. The van der Waals surface area contributed by atoms with Crippen molar-refractivity contribution in [2.45, 2.75) is 20.8 Å². The van der Waals surface area contributed by atoms with Crippen LogP contribution in [0.4, 0.5) is 5.69 Å². The molecule has 112 valence electrons. The Bertz CT molecular complexity index is 563.